The molecule has 1 saturated carbocycles. The highest BCUT2D eigenvalue weighted by Gasteiger charge is 2.48. The summed E-state index contributed by atoms with van der Waals surface area (Å²) in [6.07, 6.45) is 3.99. The standard InChI is InChI=1S/C29H28Cl2FNO3/c1-35-24-16-18-12-15-33(28(34)29(13-3-4-14-29)19-8-10-20(30)11-9-19)27(21(18)17-25(24)36-2)26-22(31)6-5-7-23(26)32/h5-11,16-17,27H,3-4,12-15H2,1-2H3/t27-/m0/s1. The number of hydrogen-bond acceptors (Lipinski definition) is 3. The smallest absolute Gasteiger partial charge is 0.234 e. The van der Waals surface area contributed by atoms with E-state index in [2.05, 4.69) is 0 Å². The normalized spacial score (nSPS) is 18.6. The quantitative estimate of drug-likeness (QED) is 0.354. The Morgan fingerprint density at radius 3 is 2.31 bits per heavy atom. The van der Waals surface area contributed by atoms with Crippen LogP contribution in [-0.2, 0) is 16.6 Å². The third-order valence-corrected chi connectivity index (χ3v) is 8.25. The second kappa shape index (κ2) is 9.95. The molecule has 2 aliphatic rings. The van der Waals surface area contributed by atoms with Crippen LogP contribution in [0.15, 0.2) is 54.6 Å². The van der Waals surface area contributed by atoms with Gasteiger partial charge in [0.2, 0.25) is 5.91 Å². The molecule has 1 atom stereocenters. The average molecular weight is 528 g/mol. The number of halogens is 3. The van der Waals surface area contributed by atoms with Gasteiger partial charge in [-0.25, -0.2) is 4.39 Å². The van der Waals surface area contributed by atoms with Crippen LogP contribution in [0.1, 0.15) is 54.0 Å². The molecule has 0 saturated heterocycles. The molecule has 188 valence electrons. The van der Waals surface area contributed by atoms with Crippen LogP contribution in [0.25, 0.3) is 0 Å². The summed E-state index contributed by atoms with van der Waals surface area (Å²) in [5.74, 6) is 0.672. The third kappa shape index (κ3) is 4.12. The lowest BCUT2D eigenvalue weighted by Crippen LogP contribution is -2.50. The van der Waals surface area contributed by atoms with Crippen molar-refractivity contribution in [3.05, 3.63) is 92.7 Å². The van der Waals surface area contributed by atoms with Crippen molar-refractivity contribution in [1.82, 2.24) is 4.90 Å². The van der Waals surface area contributed by atoms with Gasteiger partial charge in [-0.15, -0.1) is 0 Å². The molecule has 1 heterocycles. The van der Waals surface area contributed by atoms with Crippen LogP contribution in [0.4, 0.5) is 4.39 Å². The fourth-order valence-electron chi connectivity index (χ4n) is 5.90. The van der Waals surface area contributed by atoms with E-state index in [1.54, 1.807) is 26.4 Å². The number of benzene rings is 3. The zero-order valence-corrected chi connectivity index (χ0v) is 21.8. The molecule has 1 aliphatic carbocycles. The molecule has 5 rings (SSSR count). The lowest BCUT2D eigenvalue weighted by atomic mass is 9.76. The molecule has 1 amide bonds. The number of ether oxygens (including phenoxy) is 2. The maximum atomic E-state index is 15.4. The van der Waals surface area contributed by atoms with E-state index in [4.69, 9.17) is 32.7 Å². The van der Waals surface area contributed by atoms with Crippen LogP contribution in [0.2, 0.25) is 10.0 Å². The number of nitrogens with zero attached hydrogens (tertiary/aromatic N) is 1. The van der Waals surface area contributed by atoms with E-state index < -0.39 is 17.3 Å². The Morgan fingerprint density at radius 1 is 1.00 bits per heavy atom. The number of rotatable bonds is 5. The van der Waals surface area contributed by atoms with Gasteiger partial charge >= 0.3 is 0 Å². The van der Waals surface area contributed by atoms with Gasteiger partial charge in [0, 0.05) is 22.2 Å². The van der Waals surface area contributed by atoms with Crippen LogP contribution in [0.5, 0.6) is 11.5 Å². The van der Waals surface area contributed by atoms with Gasteiger partial charge in [0.25, 0.3) is 0 Å². The highest BCUT2D eigenvalue weighted by Crippen LogP contribution is 2.48. The summed E-state index contributed by atoms with van der Waals surface area (Å²) in [6.45, 7) is 0.436. The molecule has 0 bridgehead atoms. The average Bonchev–Trinajstić information content (AvgIpc) is 3.39. The summed E-state index contributed by atoms with van der Waals surface area (Å²) in [5, 5.41) is 0.913. The van der Waals surface area contributed by atoms with Gasteiger partial charge in [-0.05, 0) is 72.4 Å². The molecule has 1 fully saturated rings. The molecule has 4 nitrogen and oxygen atoms in total. The minimum absolute atomic E-state index is 0.00734. The van der Waals surface area contributed by atoms with Gasteiger partial charge in [-0.3, -0.25) is 4.79 Å². The Bertz CT molecular complexity index is 1270. The minimum atomic E-state index is -0.695. The van der Waals surface area contributed by atoms with Crippen molar-refractivity contribution in [2.45, 2.75) is 43.6 Å². The molecule has 1 aliphatic heterocycles. The van der Waals surface area contributed by atoms with Gasteiger partial charge in [-0.1, -0.05) is 54.2 Å². The van der Waals surface area contributed by atoms with Crippen molar-refractivity contribution in [3.8, 4) is 11.5 Å². The van der Waals surface area contributed by atoms with E-state index in [0.717, 1.165) is 42.4 Å². The van der Waals surface area contributed by atoms with Crippen LogP contribution >= 0.6 is 23.2 Å². The van der Waals surface area contributed by atoms with E-state index in [1.165, 1.54) is 6.07 Å². The maximum absolute atomic E-state index is 15.4. The fraction of sp³-hybridized carbons (Fsp3) is 0.345. The Kier molecular flexibility index (Phi) is 6.88. The van der Waals surface area contributed by atoms with Gasteiger partial charge in [-0.2, -0.15) is 0 Å². The first-order chi connectivity index (χ1) is 17.4. The number of carbonyl (C=O) groups excluding carboxylic acids is 1. The Balaban J connectivity index is 1.69. The highest BCUT2D eigenvalue weighted by atomic mass is 35.5. The second-order valence-electron chi connectivity index (χ2n) is 9.49. The van der Waals surface area contributed by atoms with Gasteiger partial charge in [0.15, 0.2) is 11.5 Å². The second-order valence-corrected chi connectivity index (χ2v) is 10.3. The van der Waals surface area contributed by atoms with Crippen LogP contribution in [0, 0.1) is 5.82 Å². The molecule has 3 aromatic carbocycles. The lowest BCUT2D eigenvalue weighted by Gasteiger charge is -2.43. The van der Waals surface area contributed by atoms with Gasteiger partial charge in [0.1, 0.15) is 5.82 Å². The third-order valence-electron chi connectivity index (χ3n) is 7.67. The van der Waals surface area contributed by atoms with Crippen molar-refractivity contribution < 1.29 is 18.7 Å². The summed E-state index contributed by atoms with van der Waals surface area (Å²) in [5.41, 5.74) is 2.33. The predicted octanol–water partition coefficient (Wildman–Crippen LogP) is 7.14. The topological polar surface area (TPSA) is 38.8 Å². The first kappa shape index (κ1) is 24.9. The molecule has 36 heavy (non-hydrogen) atoms. The van der Waals surface area contributed by atoms with Gasteiger partial charge in [0.05, 0.1) is 25.7 Å². The minimum Gasteiger partial charge on any atom is -0.493 e. The van der Waals surface area contributed by atoms with Gasteiger partial charge < -0.3 is 14.4 Å². The number of hydrogen-bond donors (Lipinski definition) is 0. The summed E-state index contributed by atoms with van der Waals surface area (Å²) in [6, 6.07) is 15.3. The molecular formula is C29H28Cl2FNO3. The summed E-state index contributed by atoms with van der Waals surface area (Å²) < 4.78 is 26.5. The van der Waals surface area contributed by atoms with Crippen LogP contribution < -0.4 is 9.47 Å². The first-order valence-corrected chi connectivity index (χ1v) is 12.9. The lowest BCUT2D eigenvalue weighted by molar-refractivity contribution is -0.139. The number of amides is 1. The first-order valence-electron chi connectivity index (χ1n) is 12.2. The van der Waals surface area contributed by atoms with Crippen LogP contribution in [-0.4, -0.2) is 31.6 Å². The summed E-state index contributed by atoms with van der Waals surface area (Å²) >= 11 is 12.8. The molecular weight excluding hydrogens is 500 g/mol. The van der Waals surface area contributed by atoms with E-state index in [1.807, 2.05) is 41.3 Å². The summed E-state index contributed by atoms with van der Waals surface area (Å²) in [4.78, 5) is 16.4. The van der Waals surface area contributed by atoms with E-state index in [0.29, 0.717) is 35.1 Å². The molecule has 0 unspecified atom stereocenters. The molecule has 0 spiro atoms. The zero-order chi connectivity index (χ0) is 25.4. The Labute approximate surface area is 220 Å². The molecule has 3 aromatic rings. The largest absolute Gasteiger partial charge is 0.493 e. The van der Waals surface area contributed by atoms with E-state index >= 15 is 4.39 Å². The monoisotopic (exact) mass is 527 g/mol. The van der Waals surface area contributed by atoms with E-state index in [9.17, 15) is 4.79 Å². The number of methoxy groups -OCH3 is 2. The van der Waals surface area contributed by atoms with Crippen molar-refractivity contribution >= 4 is 29.1 Å². The molecule has 0 radical (unpaired) electrons. The highest BCUT2D eigenvalue weighted by molar-refractivity contribution is 6.31. The molecule has 0 N–H and O–H groups in total. The van der Waals surface area contributed by atoms with Crippen molar-refractivity contribution in [1.29, 1.82) is 0 Å². The Morgan fingerprint density at radius 2 is 1.67 bits per heavy atom. The van der Waals surface area contributed by atoms with E-state index in [-0.39, 0.29) is 10.9 Å². The number of fused-ring (bicyclic) bond motifs is 1. The van der Waals surface area contributed by atoms with Crippen molar-refractivity contribution in [3.63, 3.8) is 0 Å². The Hall–Kier alpha value is -2.76. The van der Waals surface area contributed by atoms with Crippen molar-refractivity contribution in [2.24, 2.45) is 0 Å². The summed E-state index contributed by atoms with van der Waals surface area (Å²) in [7, 11) is 3.15. The van der Waals surface area contributed by atoms with Crippen molar-refractivity contribution in [2.75, 3.05) is 20.8 Å². The maximum Gasteiger partial charge on any atom is 0.234 e. The number of carbonyl (C=O) groups is 1. The zero-order valence-electron chi connectivity index (χ0n) is 20.3. The molecule has 0 aromatic heterocycles. The fourth-order valence-corrected chi connectivity index (χ4v) is 6.29. The van der Waals surface area contributed by atoms with Crippen LogP contribution in [0.3, 0.4) is 0 Å². The molecule has 7 heteroatoms. The predicted molar refractivity (Wildman–Crippen MR) is 140 cm³/mol. The SMILES string of the molecule is COc1cc2c(cc1OC)[C@@H](c1c(F)cccc1Cl)N(C(=O)C1(c3ccc(Cl)cc3)CCCC1)CC2.